The molecule has 12 N–H and O–H groups in total. The van der Waals surface area contributed by atoms with Crippen molar-refractivity contribution in [1.29, 1.82) is 5.26 Å². The number of phenols is 12. The zero-order valence-electron chi connectivity index (χ0n) is 37.4. The molecule has 0 aliphatic heterocycles. The second-order valence-corrected chi connectivity index (χ2v) is 16.3. The maximum atomic E-state index is 11.2. The SMILES string of the molecule is CC#N.CCC1c2cc(c(O)c(O)c2O)C(CC)c2cc(c(O)c(O)c2O)C(CC)c2cc(c(O)c(O)c2O)C(CC)c2cc1c(O)c(O)c2O.O=Cc1c2ccccc2cc2ccccc12. The first kappa shape index (κ1) is 48.3. The summed E-state index contributed by atoms with van der Waals surface area (Å²) in [5.74, 6) is -13.3. The van der Waals surface area contributed by atoms with Gasteiger partial charge in [-0.1, -0.05) is 76.2 Å². The first-order valence-corrected chi connectivity index (χ1v) is 21.7. The first-order valence-electron chi connectivity index (χ1n) is 21.7. The van der Waals surface area contributed by atoms with E-state index in [2.05, 4.69) is 6.07 Å². The lowest BCUT2D eigenvalue weighted by Gasteiger charge is -2.29. The molecule has 348 valence electrons. The number of rotatable bonds is 5. The monoisotopic (exact) mass is 911 g/mol. The summed E-state index contributed by atoms with van der Waals surface area (Å²) < 4.78 is 0. The van der Waals surface area contributed by atoms with E-state index < -0.39 is 92.7 Å². The van der Waals surface area contributed by atoms with Crippen molar-refractivity contribution < 1.29 is 66.1 Å². The van der Waals surface area contributed by atoms with Crippen molar-refractivity contribution >= 4 is 27.8 Å². The van der Waals surface area contributed by atoms with Gasteiger partial charge < -0.3 is 61.3 Å². The van der Waals surface area contributed by atoms with Crippen LogP contribution in [0.4, 0.5) is 0 Å². The van der Waals surface area contributed by atoms with Gasteiger partial charge in [0.1, 0.15) is 0 Å². The van der Waals surface area contributed by atoms with E-state index in [1.165, 1.54) is 31.2 Å². The third-order valence-electron chi connectivity index (χ3n) is 12.8. The van der Waals surface area contributed by atoms with E-state index >= 15 is 0 Å². The zero-order valence-corrected chi connectivity index (χ0v) is 37.4. The van der Waals surface area contributed by atoms with Gasteiger partial charge in [0.15, 0.2) is 52.3 Å². The number of nitrogens with zero attached hydrogens (tertiary/aromatic N) is 1. The van der Waals surface area contributed by atoms with E-state index in [1.807, 2.05) is 48.5 Å². The van der Waals surface area contributed by atoms with Crippen molar-refractivity contribution in [3.05, 3.63) is 129 Å². The Hall–Kier alpha value is -8.18. The van der Waals surface area contributed by atoms with Gasteiger partial charge in [0.25, 0.3) is 0 Å². The Balaban J connectivity index is 0.000000321. The lowest BCUT2D eigenvalue weighted by Crippen LogP contribution is -2.10. The van der Waals surface area contributed by atoms with Crippen LogP contribution < -0.4 is 0 Å². The summed E-state index contributed by atoms with van der Waals surface area (Å²) in [5.41, 5.74) is 0.855. The molecule has 8 rings (SSSR count). The number of aldehydes is 1. The third-order valence-corrected chi connectivity index (χ3v) is 12.8. The molecule has 0 unspecified atom stereocenters. The molecule has 0 radical (unpaired) electrons. The normalized spacial score (nSPS) is 16.2. The van der Waals surface area contributed by atoms with Crippen LogP contribution >= 0.6 is 0 Å². The van der Waals surface area contributed by atoms with Crippen molar-refractivity contribution in [1.82, 2.24) is 0 Å². The summed E-state index contributed by atoms with van der Waals surface area (Å²) in [6.45, 7) is 8.21. The zero-order chi connectivity index (χ0) is 49.2. The Morgan fingerprint density at radius 2 is 0.612 bits per heavy atom. The number of phenolic OH excluding ortho intramolecular Hbond substituents is 12. The van der Waals surface area contributed by atoms with Crippen LogP contribution in [0.3, 0.4) is 0 Å². The molecule has 7 aromatic carbocycles. The Morgan fingerprint density at radius 3 is 0.806 bits per heavy atom. The van der Waals surface area contributed by atoms with Crippen LogP contribution in [0.5, 0.6) is 69.0 Å². The van der Waals surface area contributed by atoms with E-state index in [1.54, 1.807) is 33.8 Å². The van der Waals surface area contributed by atoms with Crippen LogP contribution in [0.1, 0.15) is 139 Å². The van der Waals surface area contributed by atoms with Crippen molar-refractivity contribution in [2.45, 2.75) is 84.0 Å². The van der Waals surface area contributed by atoms with Crippen LogP contribution in [-0.2, 0) is 0 Å². The van der Waals surface area contributed by atoms with E-state index in [0.717, 1.165) is 33.4 Å². The highest BCUT2D eigenvalue weighted by atomic mass is 16.3. The fraction of sp³-hybridized carbons (Fsp3) is 0.245. The van der Waals surface area contributed by atoms with Gasteiger partial charge in [-0.25, -0.2) is 0 Å². The molecule has 0 heterocycles. The minimum Gasteiger partial charge on any atom is -0.504 e. The number of benzene rings is 7. The lowest BCUT2D eigenvalue weighted by molar-refractivity contribution is 0.112. The molecular weight excluding hydrogens is 859 g/mol. The molecule has 14 heteroatoms. The van der Waals surface area contributed by atoms with E-state index in [9.17, 15) is 66.1 Å². The van der Waals surface area contributed by atoms with Crippen molar-refractivity contribution in [2.75, 3.05) is 0 Å². The second kappa shape index (κ2) is 19.5. The van der Waals surface area contributed by atoms with Crippen molar-refractivity contribution in [2.24, 2.45) is 0 Å². The number of hydrogen-bond donors (Lipinski definition) is 12. The smallest absolute Gasteiger partial charge is 0.200 e. The molecule has 0 saturated carbocycles. The van der Waals surface area contributed by atoms with Gasteiger partial charge in [-0.05, 0) is 77.6 Å². The maximum Gasteiger partial charge on any atom is 0.200 e. The number of aromatic hydroxyl groups is 12. The molecule has 0 saturated heterocycles. The van der Waals surface area contributed by atoms with Crippen molar-refractivity contribution in [3.63, 3.8) is 0 Å². The first-order chi connectivity index (χ1) is 32.0. The quantitative estimate of drug-likeness (QED) is 0.0435. The Morgan fingerprint density at radius 1 is 0.403 bits per heavy atom. The molecule has 1 aliphatic rings. The average Bonchev–Trinajstić information content (AvgIpc) is 3.33. The van der Waals surface area contributed by atoms with Crippen LogP contribution in [0.15, 0.2) is 78.9 Å². The summed E-state index contributed by atoms with van der Waals surface area (Å²) >= 11 is 0. The lowest BCUT2D eigenvalue weighted by atomic mass is 9.77. The van der Waals surface area contributed by atoms with Gasteiger partial charge in [-0.3, -0.25) is 4.79 Å². The predicted molar refractivity (Wildman–Crippen MR) is 252 cm³/mol. The second-order valence-electron chi connectivity index (χ2n) is 16.3. The number of carbonyl (C=O) groups excluding carboxylic acids is 1. The molecule has 1 aliphatic carbocycles. The van der Waals surface area contributed by atoms with Crippen molar-refractivity contribution in [3.8, 4) is 75.1 Å². The number of fused-ring (bicyclic) bond motifs is 10. The fourth-order valence-corrected chi connectivity index (χ4v) is 9.49. The van der Waals surface area contributed by atoms with E-state index in [0.29, 0.717) is 0 Å². The molecule has 67 heavy (non-hydrogen) atoms. The van der Waals surface area contributed by atoms with Gasteiger partial charge in [-0.2, -0.15) is 5.26 Å². The Bertz CT molecular complexity index is 2640. The van der Waals surface area contributed by atoms with Gasteiger partial charge in [0.2, 0.25) is 23.0 Å². The molecule has 0 amide bonds. The fourth-order valence-electron chi connectivity index (χ4n) is 9.49. The predicted octanol–water partition coefficient (Wildman–Crippen LogP) is 11.0. The standard InChI is InChI=1S/C36H40O12.C15H10O.C2H3N/c1-5-13-17-9-19(27(39)33(45)25(17)37)14(6-2)21-11-23(31(43)35(47)29(21)41)16(8-4)24-12-22(30(42)36(48)32(24)44)15(7-3)20-10-18(13)26(38)34(46)28(20)40;16-10-15-13-7-3-1-5-11(13)9-12-6-2-4-8-14(12)15;1-2-3/h9-16,37-48H,5-8H2,1-4H3;1-10H;1H3. The molecule has 0 atom stereocenters. The summed E-state index contributed by atoms with van der Waals surface area (Å²) in [4.78, 5) is 11.2. The highest BCUT2D eigenvalue weighted by Crippen LogP contribution is 2.58. The minimum atomic E-state index is -0.984. The molecule has 7 aromatic rings. The Labute approximate surface area is 386 Å². The highest BCUT2D eigenvalue weighted by Gasteiger charge is 2.36. The van der Waals surface area contributed by atoms with Gasteiger partial charge >= 0.3 is 0 Å². The highest BCUT2D eigenvalue weighted by molar-refractivity contribution is 6.12. The third kappa shape index (κ3) is 8.25. The number of nitriles is 1. The Kier molecular flexibility index (Phi) is 14.1. The molecule has 0 spiro atoms. The maximum absolute atomic E-state index is 11.2. The van der Waals surface area contributed by atoms with E-state index in [-0.39, 0.29) is 70.2 Å². The summed E-state index contributed by atoms with van der Waals surface area (Å²) in [6, 6.07) is 25.3. The van der Waals surface area contributed by atoms with Crippen LogP contribution in [0, 0.1) is 11.3 Å². The summed E-state index contributed by atoms with van der Waals surface area (Å²) in [6.07, 6.45) is 1.52. The van der Waals surface area contributed by atoms with Crippen LogP contribution in [-0.4, -0.2) is 67.6 Å². The van der Waals surface area contributed by atoms with Crippen LogP contribution in [0.2, 0.25) is 0 Å². The molecule has 8 bridgehead atoms. The largest absolute Gasteiger partial charge is 0.504 e. The van der Waals surface area contributed by atoms with Crippen LogP contribution in [0.25, 0.3) is 21.5 Å². The van der Waals surface area contributed by atoms with E-state index in [4.69, 9.17) is 5.26 Å². The molecular formula is C53H53NO13. The molecule has 0 fully saturated rings. The number of hydrogen-bond acceptors (Lipinski definition) is 14. The van der Waals surface area contributed by atoms with Gasteiger partial charge in [0.05, 0.1) is 6.07 Å². The summed E-state index contributed by atoms with van der Waals surface area (Å²) in [5, 5.41) is 145. The molecule has 0 aromatic heterocycles. The van der Waals surface area contributed by atoms with Gasteiger partial charge in [0, 0.05) is 80.7 Å². The van der Waals surface area contributed by atoms with Gasteiger partial charge in [-0.15, -0.1) is 0 Å². The number of carbonyl (C=O) groups is 1. The minimum absolute atomic E-state index is 0.00860. The topological polar surface area (TPSA) is 284 Å². The molecule has 14 nitrogen and oxygen atoms in total. The average molecular weight is 912 g/mol. The summed E-state index contributed by atoms with van der Waals surface area (Å²) in [7, 11) is 0.